The van der Waals surface area contributed by atoms with Gasteiger partial charge in [0.2, 0.25) is 12.7 Å². The topological polar surface area (TPSA) is 187 Å². The van der Waals surface area contributed by atoms with Gasteiger partial charge in [-0.15, -0.1) is 0 Å². The predicted molar refractivity (Wildman–Crippen MR) is 130 cm³/mol. The Bertz CT molecular complexity index is 1050. The molecule has 1 amide bonds. The van der Waals surface area contributed by atoms with Gasteiger partial charge in [0, 0.05) is 12.6 Å². The minimum Gasteiger partial charge on any atom is -0.497 e. The summed E-state index contributed by atoms with van der Waals surface area (Å²) in [7, 11) is 1.60. The van der Waals surface area contributed by atoms with Crippen LogP contribution in [0.4, 0.5) is 5.69 Å². The standard InChI is InChI=1S/C25H32N2O10/c1-13(9-14-3-6-16(35-2)7-4-14)26-11-18(29)15-5-8-19(17(10-15)27-12-28)36-25-22(32)20(30)21(31)23(37-25)24(33)34/h3-8,10,12-13,18,20-23,25-26,29-32H,9,11H2,1-2H3,(H,27,28)(H,33,34)/t13-,18+,20?,21+,22?,23?,25-/m1/s1. The SMILES string of the molecule is COc1ccc(C[C@@H](C)NC[C@H](O)c2ccc(O[C@@H]3OC(C(=O)O)[C@@H](O)C(O)C3O)c(NC=O)c2)cc1. The molecule has 2 aromatic rings. The highest BCUT2D eigenvalue weighted by atomic mass is 16.7. The second kappa shape index (κ2) is 12.8. The van der Waals surface area contributed by atoms with Crippen LogP contribution in [0.1, 0.15) is 24.2 Å². The quantitative estimate of drug-likeness (QED) is 0.184. The summed E-state index contributed by atoms with van der Waals surface area (Å²) in [6.07, 6.45) is -8.79. The Hall–Kier alpha value is -3.26. The van der Waals surface area contributed by atoms with E-state index in [-0.39, 0.29) is 24.0 Å². The summed E-state index contributed by atoms with van der Waals surface area (Å²) >= 11 is 0. The van der Waals surface area contributed by atoms with Crippen molar-refractivity contribution in [2.45, 2.75) is 56.2 Å². The van der Waals surface area contributed by atoms with Crippen molar-refractivity contribution in [3.8, 4) is 11.5 Å². The van der Waals surface area contributed by atoms with Crippen molar-refractivity contribution < 1.29 is 49.3 Å². The zero-order valence-electron chi connectivity index (χ0n) is 20.4. The molecule has 1 aliphatic rings. The van der Waals surface area contributed by atoms with Gasteiger partial charge in [-0.1, -0.05) is 18.2 Å². The van der Waals surface area contributed by atoms with Crippen molar-refractivity contribution in [3.63, 3.8) is 0 Å². The first-order valence-electron chi connectivity index (χ1n) is 11.6. The van der Waals surface area contributed by atoms with Gasteiger partial charge in [0.1, 0.15) is 29.8 Å². The lowest BCUT2D eigenvalue weighted by molar-refractivity contribution is -0.271. The number of rotatable bonds is 12. The van der Waals surface area contributed by atoms with Crippen LogP contribution in [-0.2, 0) is 20.7 Å². The smallest absolute Gasteiger partial charge is 0.335 e. The summed E-state index contributed by atoms with van der Waals surface area (Å²) < 4.78 is 15.8. The highest BCUT2D eigenvalue weighted by molar-refractivity contribution is 5.76. The molecular formula is C25H32N2O10. The van der Waals surface area contributed by atoms with E-state index in [4.69, 9.17) is 14.2 Å². The number of aliphatic hydroxyl groups is 4. The van der Waals surface area contributed by atoms with Crippen LogP contribution in [0.5, 0.6) is 11.5 Å². The molecule has 1 heterocycles. The first-order chi connectivity index (χ1) is 17.6. The van der Waals surface area contributed by atoms with E-state index >= 15 is 0 Å². The number of amides is 1. The van der Waals surface area contributed by atoms with Gasteiger partial charge in [-0.05, 0) is 48.7 Å². The third kappa shape index (κ3) is 7.16. The van der Waals surface area contributed by atoms with Gasteiger partial charge in [-0.3, -0.25) is 4.79 Å². The van der Waals surface area contributed by atoms with Crippen LogP contribution >= 0.6 is 0 Å². The zero-order chi connectivity index (χ0) is 27.1. The van der Waals surface area contributed by atoms with Gasteiger partial charge < -0.3 is 50.4 Å². The third-order valence-electron chi connectivity index (χ3n) is 6.02. The van der Waals surface area contributed by atoms with E-state index in [1.165, 1.54) is 18.2 Å². The van der Waals surface area contributed by atoms with Gasteiger partial charge in [0.25, 0.3) is 0 Å². The van der Waals surface area contributed by atoms with E-state index in [1.54, 1.807) is 7.11 Å². The fourth-order valence-electron chi connectivity index (χ4n) is 3.93. The molecule has 7 N–H and O–H groups in total. The highest BCUT2D eigenvalue weighted by Crippen LogP contribution is 2.32. The second-order valence-electron chi connectivity index (χ2n) is 8.75. The molecule has 0 saturated carbocycles. The van der Waals surface area contributed by atoms with Crippen molar-refractivity contribution in [2.75, 3.05) is 19.0 Å². The summed E-state index contributed by atoms with van der Waals surface area (Å²) in [6.45, 7) is 2.20. The molecule has 3 rings (SSSR count). The Morgan fingerprint density at radius 2 is 1.81 bits per heavy atom. The molecule has 0 radical (unpaired) electrons. The summed E-state index contributed by atoms with van der Waals surface area (Å²) in [5, 5.41) is 55.6. The maximum absolute atomic E-state index is 11.3. The largest absolute Gasteiger partial charge is 0.497 e. The van der Waals surface area contributed by atoms with Crippen LogP contribution in [-0.4, -0.2) is 88.3 Å². The number of hydrogen-bond acceptors (Lipinski definition) is 10. The van der Waals surface area contributed by atoms with E-state index < -0.39 is 42.8 Å². The molecule has 0 bridgehead atoms. The average Bonchev–Trinajstić information content (AvgIpc) is 2.88. The Morgan fingerprint density at radius 3 is 2.43 bits per heavy atom. The Labute approximate surface area is 213 Å². The van der Waals surface area contributed by atoms with Gasteiger partial charge in [-0.2, -0.15) is 0 Å². The first-order valence-corrected chi connectivity index (χ1v) is 11.6. The van der Waals surface area contributed by atoms with Crippen molar-refractivity contribution in [3.05, 3.63) is 53.6 Å². The van der Waals surface area contributed by atoms with Crippen LogP contribution in [0.15, 0.2) is 42.5 Å². The van der Waals surface area contributed by atoms with Crippen molar-refractivity contribution in [1.29, 1.82) is 0 Å². The van der Waals surface area contributed by atoms with Gasteiger partial charge in [0.15, 0.2) is 6.10 Å². The molecule has 7 atom stereocenters. The minimum absolute atomic E-state index is 0.0133. The number of nitrogens with one attached hydrogen (secondary N) is 2. The predicted octanol–water partition coefficient (Wildman–Crippen LogP) is -0.211. The van der Waals surface area contributed by atoms with Crippen molar-refractivity contribution in [2.24, 2.45) is 0 Å². The molecule has 1 fully saturated rings. The summed E-state index contributed by atoms with van der Waals surface area (Å²) in [6, 6.07) is 12.1. The average molecular weight is 521 g/mol. The normalized spacial score (nSPS) is 25.1. The monoisotopic (exact) mass is 520 g/mol. The van der Waals surface area contributed by atoms with E-state index in [9.17, 15) is 35.1 Å². The molecule has 12 nitrogen and oxygen atoms in total. The highest BCUT2D eigenvalue weighted by Gasteiger charge is 2.48. The molecule has 1 saturated heterocycles. The van der Waals surface area contributed by atoms with Gasteiger partial charge >= 0.3 is 5.97 Å². The number of carbonyl (C=O) groups excluding carboxylic acids is 1. The molecule has 37 heavy (non-hydrogen) atoms. The molecule has 2 aromatic carbocycles. The van der Waals surface area contributed by atoms with Gasteiger partial charge in [-0.25, -0.2) is 4.79 Å². The number of ether oxygens (including phenoxy) is 3. The van der Waals surface area contributed by atoms with Crippen LogP contribution in [0.2, 0.25) is 0 Å². The Kier molecular flexibility index (Phi) is 9.80. The summed E-state index contributed by atoms with van der Waals surface area (Å²) in [5.41, 5.74) is 1.66. The molecule has 1 aliphatic heterocycles. The van der Waals surface area contributed by atoms with E-state index in [0.29, 0.717) is 12.0 Å². The number of carboxylic acid groups (broad SMARTS) is 1. The van der Waals surface area contributed by atoms with E-state index in [2.05, 4.69) is 10.6 Å². The molecule has 0 spiro atoms. The summed E-state index contributed by atoms with van der Waals surface area (Å²) in [5.74, 6) is -0.793. The number of aliphatic carboxylic acids is 1. The molecule has 12 heteroatoms. The summed E-state index contributed by atoms with van der Waals surface area (Å²) in [4.78, 5) is 22.5. The van der Waals surface area contributed by atoms with E-state index in [1.807, 2.05) is 31.2 Å². The number of carbonyl (C=O) groups is 2. The molecule has 3 unspecified atom stereocenters. The fraction of sp³-hybridized carbons (Fsp3) is 0.440. The molecule has 202 valence electrons. The maximum Gasteiger partial charge on any atom is 0.335 e. The number of anilines is 1. The minimum atomic E-state index is -1.86. The zero-order valence-corrected chi connectivity index (χ0v) is 20.4. The van der Waals surface area contributed by atoms with Gasteiger partial charge in [0.05, 0.1) is 18.9 Å². The number of aliphatic hydroxyl groups excluding tert-OH is 4. The van der Waals surface area contributed by atoms with Crippen LogP contribution in [0, 0.1) is 0 Å². The first kappa shape index (κ1) is 28.3. The number of hydrogen-bond donors (Lipinski definition) is 7. The Balaban J connectivity index is 1.65. The second-order valence-corrected chi connectivity index (χ2v) is 8.75. The lowest BCUT2D eigenvalue weighted by Crippen LogP contribution is -2.61. The fourth-order valence-corrected chi connectivity index (χ4v) is 3.93. The number of benzene rings is 2. The maximum atomic E-state index is 11.3. The van der Waals surface area contributed by atoms with Crippen LogP contribution in [0.25, 0.3) is 0 Å². The van der Waals surface area contributed by atoms with E-state index in [0.717, 1.165) is 17.7 Å². The lowest BCUT2D eigenvalue weighted by atomic mass is 9.99. The molecular weight excluding hydrogens is 488 g/mol. The Morgan fingerprint density at radius 1 is 1.11 bits per heavy atom. The van der Waals surface area contributed by atoms with Crippen LogP contribution in [0.3, 0.4) is 0 Å². The molecule has 0 aliphatic carbocycles. The van der Waals surface area contributed by atoms with Crippen LogP contribution < -0.4 is 20.1 Å². The molecule has 0 aromatic heterocycles. The number of methoxy groups -OCH3 is 1. The van der Waals surface area contributed by atoms with Crippen molar-refractivity contribution in [1.82, 2.24) is 5.32 Å². The van der Waals surface area contributed by atoms with Crippen molar-refractivity contribution >= 4 is 18.1 Å². The number of carboxylic acids is 1. The third-order valence-corrected chi connectivity index (χ3v) is 6.02. The lowest BCUT2D eigenvalue weighted by Gasteiger charge is -2.38.